The number of alkyl halides is 9. The lowest BCUT2D eigenvalue weighted by Crippen LogP contribution is -2.65. The van der Waals surface area contributed by atoms with Gasteiger partial charge in [-0.25, -0.2) is 16.8 Å². The Hall–Kier alpha value is -0.890. The van der Waals surface area contributed by atoms with Crippen molar-refractivity contribution in [2.45, 2.75) is 49.1 Å². The Bertz CT molecular complexity index is 771. The van der Waals surface area contributed by atoms with Crippen LogP contribution in [0, 0.1) is 0 Å². The smallest absolute Gasteiger partial charge is 0.460 e. The van der Waals surface area contributed by atoms with Crippen molar-refractivity contribution < 1.29 is 66.0 Å². The highest BCUT2D eigenvalue weighted by atomic mass is 32.2. The van der Waals surface area contributed by atoms with Gasteiger partial charge in [-0.15, -0.1) is 0 Å². The van der Waals surface area contributed by atoms with Crippen LogP contribution in [0.25, 0.3) is 0 Å². The second-order valence-electron chi connectivity index (χ2n) is 5.76. The third-order valence-corrected chi connectivity index (χ3v) is 6.06. The number of hydrogen-bond acceptors (Lipinski definition) is 6. The summed E-state index contributed by atoms with van der Waals surface area (Å²) in [6.45, 7) is -1.63. The topological polar surface area (TPSA) is 151 Å². The van der Waals surface area contributed by atoms with Crippen molar-refractivity contribution in [3.63, 3.8) is 0 Å². The molecule has 19 heteroatoms. The Labute approximate surface area is 165 Å². The summed E-state index contributed by atoms with van der Waals surface area (Å²) in [5.74, 6) is -16.7. The Morgan fingerprint density at radius 3 is 1.70 bits per heavy atom. The first-order chi connectivity index (χ1) is 12.6. The minimum atomic E-state index is -7.48. The predicted molar refractivity (Wildman–Crippen MR) is 82.9 cm³/mol. The molecule has 0 spiro atoms. The van der Waals surface area contributed by atoms with Gasteiger partial charge in [-0.2, -0.15) is 43.8 Å². The molecule has 8 nitrogen and oxygen atoms in total. The quantitative estimate of drug-likeness (QED) is 0.321. The van der Waals surface area contributed by atoms with Crippen LogP contribution in [0.5, 0.6) is 0 Å². The third-order valence-electron chi connectivity index (χ3n) is 3.35. The van der Waals surface area contributed by atoms with E-state index < -0.39 is 79.1 Å². The average Bonchev–Trinajstić information content (AvgIpc) is 2.47. The summed E-state index contributed by atoms with van der Waals surface area (Å²) in [5, 5.41) is 2.30. The van der Waals surface area contributed by atoms with E-state index in [1.165, 1.54) is 6.92 Å². The van der Waals surface area contributed by atoms with Gasteiger partial charge < -0.3 is 15.8 Å². The summed E-state index contributed by atoms with van der Waals surface area (Å²) >= 11 is 0. The standard InChI is InChI=1S/C11H16F9NO6S2.H3N/c1-2-3-4-21(5-7(22)6-28(23,24)25)29(26,27)11(19,20)9(14,15)8(12,13)10(16,17)18;/h7,22H,2-6H2,1H3,(H,23,24,25);1H3. The molecule has 0 aromatic heterocycles. The molecular formula is C11H19F9N2O6S2. The van der Waals surface area contributed by atoms with Gasteiger partial charge in [-0.3, -0.25) is 0 Å². The maximum absolute atomic E-state index is 13.8. The van der Waals surface area contributed by atoms with Crippen molar-refractivity contribution in [3.8, 4) is 0 Å². The SMILES string of the molecule is CCCCN(CC(O)CS(=O)(=O)[O-])S(=O)(=O)C(F)(F)C(F)(F)C(F)(F)C(F)(F)F.[NH4+]. The van der Waals surface area contributed by atoms with Crippen LogP contribution in [0.3, 0.4) is 0 Å². The van der Waals surface area contributed by atoms with Crippen molar-refractivity contribution in [2.24, 2.45) is 0 Å². The number of sulfonamides is 1. The lowest BCUT2D eigenvalue weighted by Gasteiger charge is -2.36. The molecule has 0 aromatic carbocycles. The Morgan fingerprint density at radius 1 is 0.933 bits per heavy atom. The Balaban J connectivity index is 0. The van der Waals surface area contributed by atoms with E-state index in [4.69, 9.17) is 0 Å². The maximum Gasteiger partial charge on any atom is 0.460 e. The van der Waals surface area contributed by atoms with Crippen molar-refractivity contribution in [2.75, 3.05) is 18.8 Å². The molecule has 0 aromatic rings. The lowest BCUT2D eigenvalue weighted by molar-refractivity contribution is -0.382. The number of quaternary nitrogens is 1. The van der Waals surface area contributed by atoms with Gasteiger partial charge in [-0.1, -0.05) is 13.3 Å². The van der Waals surface area contributed by atoms with Gasteiger partial charge in [-0.05, 0) is 6.42 Å². The van der Waals surface area contributed by atoms with Gasteiger partial charge in [0.25, 0.3) is 10.0 Å². The normalized spacial score (nSPS) is 15.8. The molecule has 0 heterocycles. The van der Waals surface area contributed by atoms with Crippen LogP contribution < -0.4 is 6.15 Å². The first-order valence-corrected chi connectivity index (χ1v) is 10.4. The largest absolute Gasteiger partial charge is 0.748 e. The second kappa shape index (κ2) is 9.72. The summed E-state index contributed by atoms with van der Waals surface area (Å²) in [6.07, 6.45) is -10.3. The highest BCUT2D eigenvalue weighted by Gasteiger charge is 2.85. The second-order valence-corrected chi connectivity index (χ2v) is 9.19. The molecule has 0 rings (SSSR count). The molecule has 0 aliphatic carbocycles. The van der Waals surface area contributed by atoms with Crippen LogP contribution in [0.2, 0.25) is 0 Å². The first-order valence-electron chi connectivity index (χ1n) is 7.37. The predicted octanol–water partition coefficient (Wildman–Crippen LogP) is 2.13. The van der Waals surface area contributed by atoms with Crippen LogP contribution >= 0.6 is 0 Å². The number of nitrogens with zero attached hydrogens (tertiary/aromatic N) is 1. The van der Waals surface area contributed by atoms with Gasteiger partial charge in [0.1, 0.15) is 0 Å². The molecule has 184 valence electrons. The van der Waals surface area contributed by atoms with Crippen LogP contribution in [0.1, 0.15) is 19.8 Å². The molecular weight excluding hydrogens is 491 g/mol. The van der Waals surface area contributed by atoms with Crippen molar-refractivity contribution >= 4 is 20.1 Å². The molecule has 30 heavy (non-hydrogen) atoms. The summed E-state index contributed by atoms with van der Waals surface area (Å²) in [7, 11) is -12.3. The van der Waals surface area contributed by atoms with E-state index in [2.05, 4.69) is 0 Å². The van der Waals surface area contributed by atoms with E-state index in [0.29, 0.717) is 0 Å². The van der Waals surface area contributed by atoms with E-state index in [0.717, 1.165) is 0 Å². The number of aliphatic hydroxyl groups excluding tert-OH is 1. The molecule has 0 fully saturated rings. The third kappa shape index (κ3) is 6.31. The van der Waals surface area contributed by atoms with Crippen LogP contribution in [0.4, 0.5) is 39.5 Å². The lowest BCUT2D eigenvalue weighted by atomic mass is 10.1. The van der Waals surface area contributed by atoms with E-state index in [1.807, 2.05) is 0 Å². The Kier molecular flexibility index (Phi) is 10.1. The molecule has 1 unspecified atom stereocenters. The first kappa shape index (κ1) is 31.3. The Morgan fingerprint density at radius 2 is 1.37 bits per heavy atom. The van der Waals surface area contributed by atoms with Gasteiger partial charge >= 0.3 is 23.3 Å². The zero-order valence-corrected chi connectivity index (χ0v) is 16.9. The van der Waals surface area contributed by atoms with Gasteiger partial charge in [0.05, 0.1) is 22.0 Å². The number of hydrogen-bond donors (Lipinski definition) is 2. The molecule has 0 aliphatic rings. The molecule has 1 atom stereocenters. The van der Waals surface area contributed by atoms with Crippen molar-refractivity contribution in [1.29, 1.82) is 0 Å². The molecule has 5 N–H and O–H groups in total. The summed E-state index contributed by atoms with van der Waals surface area (Å²) in [4.78, 5) is 0. The molecule has 0 bridgehead atoms. The summed E-state index contributed by atoms with van der Waals surface area (Å²) in [5.41, 5.74) is 0. The number of halogens is 9. The van der Waals surface area contributed by atoms with E-state index in [1.54, 1.807) is 0 Å². The van der Waals surface area contributed by atoms with Crippen LogP contribution in [-0.2, 0) is 20.1 Å². The maximum atomic E-state index is 13.8. The number of rotatable bonds is 11. The highest BCUT2D eigenvalue weighted by molar-refractivity contribution is 7.90. The minimum Gasteiger partial charge on any atom is -0.748 e. The minimum absolute atomic E-state index is 0. The van der Waals surface area contributed by atoms with Gasteiger partial charge in [0, 0.05) is 13.1 Å². The monoisotopic (exact) mass is 510 g/mol. The number of aliphatic hydroxyl groups is 1. The summed E-state index contributed by atoms with van der Waals surface area (Å²) < 4.78 is 171. The van der Waals surface area contributed by atoms with Crippen molar-refractivity contribution in [1.82, 2.24) is 10.5 Å². The molecule has 0 aliphatic heterocycles. The average molecular weight is 510 g/mol. The van der Waals surface area contributed by atoms with Crippen LogP contribution in [-0.4, -0.2) is 79.0 Å². The fraction of sp³-hybridized carbons (Fsp3) is 1.00. The van der Waals surface area contributed by atoms with Crippen LogP contribution in [0.15, 0.2) is 0 Å². The molecule has 0 amide bonds. The van der Waals surface area contributed by atoms with E-state index in [-0.39, 0.29) is 12.6 Å². The zero-order chi connectivity index (χ0) is 23.7. The van der Waals surface area contributed by atoms with E-state index in [9.17, 15) is 66.0 Å². The fourth-order valence-electron chi connectivity index (χ4n) is 1.85. The number of unbranched alkanes of at least 4 members (excludes halogenated alkanes) is 1. The van der Waals surface area contributed by atoms with Gasteiger partial charge in [0.2, 0.25) is 0 Å². The summed E-state index contributed by atoms with van der Waals surface area (Å²) in [6, 6.07) is 0. The van der Waals surface area contributed by atoms with Gasteiger partial charge in [0.15, 0.2) is 0 Å². The molecule has 0 saturated heterocycles. The van der Waals surface area contributed by atoms with Crippen molar-refractivity contribution in [3.05, 3.63) is 0 Å². The molecule has 0 radical (unpaired) electrons. The highest BCUT2D eigenvalue weighted by Crippen LogP contribution is 2.55. The zero-order valence-electron chi connectivity index (χ0n) is 15.3. The molecule has 0 saturated carbocycles. The fourth-order valence-corrected chi connectivity index (χ4v) is 3.94. The van der Waals surface area contributed by atoms with E-state index >= 15 is 0 Å².